The molecular formula is C24H20N4O. The van der Waals surface area contributed by atoms with Gasteiger partial charge in [0.25, 0.3) is 5.91 Å². The lowest BCUT2D eigenvalue weighted by Gasteiger charge is -2.02. The lowest BCUT2D eigenvalue weighted by atomic mass is 10.0. The van der Waals surface area contributed by atoms with Gasteiger partial charge in [0.1, 0.15) is 5.69 Å². The van der Waals surface area contributed by atoms with Gasteiger partial charge in [-0.25, -0.2) is 5.43 Å². The molecule has 5 heteroatoms. The number of benzene rings is 3. The van der Waals surface area contributed by atoms with Crippen LogP contribution in [0.4, 0.5) is 0 Å². The highest BCUT2D eigenvalue weighted by Crippen LogP contribution is 2.24. The van der Waals surface area contributed by atoms with Gasteiger partial charge in [0.05, 0.1) is 11.4 Å². The van der Waals surface area contributed by atoms with Gasteiger partial charge in [0.15, 0.2) is 0 Å². The average Bonchev–Trinajstić information content (AvgIpc) is 3.29. The van der Waals surface area contributed by atoms with Gasteiger partial charge in [-0.05, 0) is 29.7 Å². The van der Waals surface area contributed by atoms with Crippen LogP contribution in [0.2, 0.25) is 0 Å². The molecule has 0 radical (unpaired) electrons. The summed E-state index contributed by atoms with van der Waals surface area (Å²) in [7, 11) is 0. The predicted octanol–water partition coefficient (Wildman–Crippen LogP) is 4.90. The molecule has 0 fully saturated rings. The van der Waals surface area contributed by atoms with Gasteiger partial charge in [0.2, 0.25) is 0 Å². The fraction of sp³-hybridized carbons (Fsp3) is 0.0417. The molecule has 1 amide bonds. The summed E-state index contributed by atoms with van der Waals surface area (Å²) >= 11 is 0. The Hall–Kier alpha value is -3.99. The fourth-order valence-electron chi connectivity index (χ4n) is 2.99. The zero-order valence-corrected chi connectivity index (χ0v) is 16.0. The summed E-state index contributed by atoms with van der Waals surface area (Å²) in [5.41, 5.74) is 8.55. The molecular weight excluding hydrogens is 360 g/mol. The van der Waals surface area contributed by atoms with E-state index < -0.39 is 0 Å². The van der Waals surface area contributed by atoms with E-state index in [1.54, 1.807) is 6.07 Å². The van der Waals surface area contributed by atoms with E-state index in [1.165, 1.54) is 0 Å². The molecule has 2 N–H and O–H groups in total. The quantitative estimate of drug-likeness (QED) is 0.382. The number of hydrogen-bond acceptors (Lipinski definition) is 3. The summed E-state index contributed by atoms with van der Waals surface area (Å²) in [5.74, 6) is -0.333. The van der Waals surface area contributed by atoms with E-state index in [4.69, 9.17) is 0 Å². The Kier molecular flexibility index (Phi) is 5.29. The van der Waals surface area contributed by atoms with Gasteiger partial charge in [-0.1, -0.05) is 84.9 Å². The van der Waals surface area contributed by atoms with Crippen molar-refractivity contribution in [1.82, 2.24) is 15.6 Å². The van der Waals surface area contributed by atoms with E-state index in [0.717, 1.165) is 28.0 Å². The van der Waals surface area contributed by atoms with E-state index in [9.17, 15) is 4.79 Å². The Labute approximate surface area is 169 Å². The van der Waals surface area contributed by atoms with Crippen LogP contribution < -0.4 is 5.43 Å². The lowest BCUT2D eigenvalue weighted by Crippen LogP contribution is -2.19. The first-order chi connectivity index (χ1) is 14.2. The molecule has 3 aromatic carbocycles. The molecule has 29 heavy (non-hydrogen) atoms. The summed E-state index contributed by atoms with van der Waals surface area (Å²) in [6.07, 6.45) is 0. The van der Waals surface area contributed by atoms with Crippen LogP contribution in [0.5, 0.6) is 0 Å². The molecule has 4 rings (SSSR count). The summed E-state index contributed by atoms with van der Waals surface area (Å²) < 4.78 is 0. The number of carbonyl (C=O) groups is 1. The van der Waals surface area contributed by atoms with Crippen LogP contribution in [0.25, 0.3) is 22.4 Å². The van der Waals surface area contributed by atoms with Crippen LogP contribution in [0.1, 0.15) is 23.0 Å². The highest BCUT2D eigenvalue weighted by molar-refractivity contribution is 6.00. The van der Waals surface area contributed by atoms with Crippen LogP contribution in [-0.2, 0) is 0 Å². The van der Waals surface area contributed by atoms with Crippen molar-refractivity contribution < 1.29 is 4.79 Å². The predicted molar refractivity (Wildman–Crippen MR) is 116 cm³/mol. The zero-order chi connectivity index (χ0) is 20.1. The Morgan fingerprint density at radius 2 is 1.41 bits per heavy atom. The Bertz CT molecular complexity index is 1130. The zero-order valence-electron chi connectivity index (χ0n) is 16.0. The van der Waals surface area contributed by atoms with Crippen molar-refractivity contribution in [3.63, 3.8) is 0 Å². The van der Waals surface area contributed by atoms with Crippen molar-refractivity contribution >= 4 is 11.6 Å². The van der Waals surface area contributed by atoms with Crippen LogP contribution in [0.15, 0.2) is 96.1 Å². The molecule has 1 aromatic heterocycles. The molecule has 0 aliphatic carbocycles. The molecule has 0 atom stereocenters. The molecule has 0 aliphatic rings. The first-order valence-electron chi connectivity index (χ1n) is 9.32. The molecule has 0 aliphatic heterocycles. The van der Waals surface area contributed by atoms with E-state index >= 15 is 0 Å². The maximum absolute atomic E-state index is 12.4. The van der Waals surface area contributed by atoms with Gasteiger partial charge < -0.3 is 0 Å². The minimum Gasteiger partial charge on any atom is -0.272 e. The van der Waals surface area contributed by atoms with Crippen molar-refractivity contribution in [2.24, 2.45) is 5.10 Å². The van der Waals surface area contributed by atoms with Crippen LogP contribution in [0, 0.1) is 0 Å². The SMILES string of the molecule is C/C(=N/NC(=O)c1cc(-c2ccc(-c3ccccc3)cc2)n[nH]1)c1ccccc1. The monoisotopic (exact) mass is 380 g/mol. The topological polar surface area (TPSA) is 70.1 Å². The number of rotatable bonds is 5. The molecule has 0 spiro atoms. The Balaban J connectivity index is 1.46. The number of carbonyl (C=O) groups excluding carboxylic acids is 1. The molecule has 0 saturated carbocycles. The average molecular weight is 380 g/mol. The number of hydrogen-bond donors (Lipinski definition) is 2. The largest absolute Gasteiger partial charge is 0.289 e. The number of aromatic nitrogens is 2. The minimum atomic E-state index is -0.333. The van der Waals surface area contributed by atoms with Crippen molar-refractivity contribution in [1.29, 1.82) is 0 Å². The van der Waals surface area contributed by atoms with Gasteiger partial charge in [-0.2, -0.15) is 10.2 Å². The summed E-state index contributed by atoms with van der Waals surface area (Å²) in [4.78, 5) is 12.4. The number of H-pyrrole nitrogens is 1. The third kappa shape index (κ3) is 4.30. The van der Waals surface area contributed by atoms with Crippen LogP contribution in [0.3, 0.4) is 0 Å². The maximum atomic E-state index is 12.4. The molecule has 0 bridgehead atoms. The van der Waals surface area contributed by atoms with Crippen molar-refractivity contribution in [3.05, 3.63) is 102 Å². The highest BCUT2D eigenvalue weighted by Gasteiger charge is 2.11. The third-order valence-electron chi connectivity index (χ3n) is 4.63. The number of nitrogens with one attached hydrogen (secondary N) is 2. The van der Waals surface area contributed by atoms with Crippen LogP contribution >= 0.6 is 0 Å². The first-order valence-corrected chi connectivity index (χ1v) is 9.32. The number of nitrogens with zero attached hydrogens (tertiary/aromatic N) is 2. The number of aromatic amines is 1. The van der Waals surface area contributed by atoms with Gasteiger partial charge in [-0.3, -0.25) is 9.89 Å². The van der Waals surface area contributed by atoms with Gasteiger partial charge >= 0.3 is 0 Å². The second kappa shape index (κ2) is 8.35. The highest BCUT2D eigenvalue weighted by atomic mass is 16.2. The standard InChI is InChI=1S/C24H20N4O/c1-17(18-8-4-2-5-9-18)25-28-24(29)23-16-22(26-27-23)21-14-12-20(13-15-21)19-10-6-3-7-11-19/h2-16H,1H3,(H,26,27)(H,28,29)/b25-17-. The third-order valence-corrected chi connectivity index (χ3v) is 4.63. The Morgan fingerprint density at radius 3 is 2.10 bits per heavy atom. The molecule has 1 heterocycles. The normalized spacial score (nSPS) is 11.3. The van der Waals surface area contributed by atoms with Crippen molar-refractivity contribution in [2.75, 3.05) is 0 Å². The summed E-state index contributed by atoms with van der Waals surface area (Å²) in [6, 6.07) is 29.7. The minimum absolute atomic E-state index is 0.333. The second-order valence-electron chi connectivity index (χ2n) is 6.61. The smallest absolute Gasteiger partial charge is 0.272 e. The van der Waals surface area contributed by atoms with Gasteiger partial charge in [0, 0.05) is 5.56 Å². The maximum Gasteiger partial charge on any atom is 0.289 e. The molecule has 0 unspecified atom stereocenters. The number of hydrazone groups is 1. The van der Waals surface area contributed by atoms with E-state index in [-0.39, 0.29) is 5.91 Å². The lowest BCUT2D eigenvalue weighted by molar-refractivity contribution is 0.0950. The molecule has 5 nitrogen and oxygen atoms in total. The van der Waals surface area contributed by atoms with E-state index in [2.05, 4.69) is 32.9 Å². The van der Waals surface area contributed by atoms with E-state index in [0.29, 0.717) is 11.4 Å². The van der Waals surface area contributed by atoms with Crippen molar-refractivity contribution in [2.45, 2.75) is 6.92 Å². The number of amides is 1. The Morgan fingerprint density at radius 1 is 0.828 bits per heavy atom. The van der Waals surface area contributed by atoms with Gasteiger partial charge in [-0.15, -0.1) is 0 Å². The second-order valence-corrected chi connectivity index (χ2v) is 6.61. The first kappa shape index (κ1) is 18.4. The van der Waals surface area contributed by atoms with Crippen LogP contribution in [-0.4, -0.2) is 21.8 Å². The van der Waals surface area contributed by atoms with E-state index in [1.807, 2.05) is 79.7 Å². The fourth-order valence-corrected chi connectivity index (χ4v) is 2.99. The molecule has 0 saturated heterocycles. The summed E-state index contributed by atoms with van der Waals surface area (Å²) in [6.45, 7) is 1.85. The molecule has 4 aromatic rings. The summed E-state index contributed by atoms with van der Waals surface area (Å²) in [5, 5.41) is 11.2. The molecule has 142 valence electrons. The van der Waals surface area contributed by atoms with Crippen molar-refractivity contribution in [3.8, 4) is 22.4 Å².